The first-order chi connectivity index (χ1) is 7.66. The normalized spacial score (nSPS) is 10.1. The molecular weight excluding hydrogens is 235 g/mol. The van der Waals surface area contributed by atoms with Gasteiger partial charge in [-0.2, -0.15) is 5.10 Å². The second-order valence-electron chi connectivity index (χ2n) is 2.94. The predicted molar refractivity (Wildman–Crippen MR) is 55.0 cm³/mol. The Balaban J connectivity index is 2.15. The number of hydrogen-bond acceptors (Lipinski definition) is 3. The van der Waals surface area contributed by atoms with E-state index in [1.165, 1.54) is 24.4 Å². The van der Waals surface area contributed by atoms with Gasteiger partial charge in [-0.1, -0.05) is 11.6 Å². The molecule has 0 aliphatic carbocycles. The first-order valence-electron chi connectivity index (χ1n) is 4.33. The predicted octanol–water partition coefficient (Wildman–Crippen LogP) is 2.42. The van der Waals surface area contributed by atoms with Crippen LogP contribution in [0.3, 0.4) is 0 Å². The zero-order chi connectivity index (χ0) is 11.5. The highest BCUT2D eigenvalue weighted by Gasteiger charge is 2.10. The topological polar surface area (TPSA) is 55.0 Å². The number of aromatic amines is 1. The molecule has 6 heteroatoms. The van der Waals surface area contributed by atoms with E-state index >= 15 is 0 Å². The third-order valence-electron chi connectivity index (χ3n) is 1.82. The molecule has 0 aliphatic heterocycles. The van der Waals surface area contributed by atoms with Gasteiger partial charge in [0.1, 0.15) is 17.3 Å². The van der Waals surface area contributed by atoms with E-state index in [0.29, 0.717) is 0 Å². The number of carbonyl (C=O) groups excluding carboxylic acids is 1. The molecule has 0 amide bonds. The average molecular weight is 241 g/mol. The number of carbonyl (C=O) groups is 1. The van der Waals surface area contributed by atoms with Crippen molar-refractivity contribution in [3.05, 3.63) is 47.0 Å². The number of benzene rings is 1. The van der Waals surface area contributed by atoms with E-state index in [0.717, 1.165) is 6.07 Å². The smallest absolute Gasteiger partial charge is 0.361 e. The van der Waals surface area contributed by atoms with E-state index in [9.17, 15) is 9.18 Å². The van der Waals surface area contributed by atoms with Crippen LogP contribution >= 0.6 is 11.6 Å². The maximum Gasteiger partial charge on any atom is 0.361 e. The maximum atomic E-state index is 12.8. The van der Waals surface area contributed by atoms with Crippen LogP contribution in [-0.4, -0.2) is 16.2 Å². The summed E-state index contributed by atoms with van der Waals surface area (Å²) in [5.74, 6) is -1.01. The summed E-state index contributed by atoms with van der Waals surface area (Å²) in [7, 11) is 0. The lowest BCUT2D eigenvalue weighted by atomic mass is 10.3. The zero-order valence-corrected chi connectivity index (χ0v) is 8.66. The zero-order valence-electron chi connectivity index (χ0n) is 7.91. The van der Waals surface area contributed by atoms with Crippen LogP contribution in [0.25, 0.3) is 0 Å². The molecule has 1 aromatic heterocycles. The van der Waals surface area contributed by atoms with E-state index in [2.05, 4.69) is 10.2 Å². The van der Waals surface area contributed by atoms with Gasteiger partial charge in [0.2, 0.25) is 0 Å². The fourth-order valence-electron chi connectivity index (χ4n) is 1.07. The van der Waals surface area contributed by atoms with Crippen molar-refractivity contribution in [3.8, 4) is 5.75 Å². The number of hydrogen-bond donors (Lipinski definition) is 1. The highest BCUT2D eigenvalue weighted by molar-refractivity contribution is 6.30. The third-order valence-corrected chi connectivity index (χ3v) is 2.11. The second kappa shape index (κ2) is 4.32. The number of rotatable bonds is 2. The average Bonchev–Trinajstić information content (AvgIpc) is 2.77. The van der Waals surface area contributed by atoms with Crippen molar-refractivity contribution in [3.63, 3.8) is 0 Å². The van der Waals surface area contributed by atoms with Crippen LogP contribution in [-0.2, 0) is 0 Å². The number of H-pyrrole nitrogens is 1. The largest absolute Gasteiger partial charge is 0.422 e. The third kappa shape index (κ3) is 2.20. The quantitative estimate of drug-likeness (QED) is 0.648. The summed E-state index contributed by atoms with van der Waals surface area (Å²) >= 11 is 5.54. The molecule has 0 unspecified atom stereocenters. The van der Waals surface area contributed by atoms with Gasteiger partial charge in [0.25, 0.3) is 0 Å². The Morgan fingerprint density at radius 3 is 2.88 bits per heavy atom. The molecule has 0 saturated heterocycles. The summed E-state index contributed by atoms with van der Waals surface area (Å²) < 4.78 is 17.8. The molecule has 16 heavy (non-hydrogen) atoms. The SMILES string of the molecule is O=C(Oc1ccc(F)c(Cl)c1)c1ccn[nH]1. The van der Waals surface area contributed by atoms with Gasteiger partial charge in [-0.05, 0) is 18.2 Å². The second-order valence-corrected chi connectivity index (χ2v) is 3.34. The standard InChI is InChI=1S/C10H6ClFN2O2/c11-7-5-6(1-2-8(7)12)16-10(15)9-3-4-13-14-9/h1-5H,(H,13,14). The molecule has 4 nitrogen and oxygen atoms in total. The Bertz CT molecular complexity index is 514. The molecule has 0 spiro atoms. The molecule has 0 fully saturated rings. The molecule has 0 bridgehead atoms. The molecule has 1 N–H and O–H groups in total. The number of halogens is 2. The van der Waals surface area contributed by atoms with Crippen LogP contribution in [0.15, 0.2) is 30.5 Å². The Kier molecular flexibility index (Phi) is 2.87. The Labute approximate surface area is 95.0 Å². The van der Waals surface area contributed by atoms with Crippen LogP contribution < -0.4 is 4.74 Å². The van der Waals surface area contributed by atoms with E-state index in [4.69, 9.17) is 16.3 Å². The van der Waals surface area contributed by atoms with Crippen molar-refractivity contribution in [2.45, 2.75) is 0 Å². The van der Waals surface area contributed by atoms with E-state index < -0.39 is 11.8 Å². The summed E-state index contributed by atoms with van der Waals surface area (Å²) in [6.07, 6.45) is 1.42. The first kappa shape index (κ1) is 10.6. The van der Waals surface area contributed by atoms with Crippen LogP contribution in [0.2, 0.25) is 5.02 Å². The molecule has 1 aromatic carbocycles. The van der Waals surface area contributed by atoms with Crippen molar-refractivity contribution >= 4 is 17.6 Å². The van der Waals surface area contributed by atoms with Gasteiger partial charge in [-0.25, -0.2) is 9.18 Å². The van der Waals surface area contributed by atoms with Crippen molar-refractivity contribution in [1.29, 1.82) is 0 Å². The van der Waals surface area contributed by atoms with Gasteiger partial charge in [-0.15, -0.1) is 0 Å². The highest BCUT2D eigenvalue weighted by Crippen LogP contribution is 2.21. The minimum Gasteiger partial charge on any atom is -0.422 e. The monoisotopic (exact) mass is 240 g/mol. The first-order valence-corrected chi connectivity index (χ1v) is 4.71. The molecule has 0 aliphatic rings. The van der Waals surface area contributed by atoms with Crippen LogP contribution in [0.5, 0.6) is 5.75 Å². The lowest BCUT2D eigenvalue weighted by Gasteiger charge is -2.03. The summed E-state index contributed by atoms with van der Waals surface area (Å²) in [6, 6.07) is 5.13. The Morgan fingerprint density at radius 2 is 2.25 bits per heavy atom. The molecule has 0 atom stereocenters. The maximum absolute atomic E-state index is 12.8. The molecule has 1 heterocycles. The summed E-state index contributed by atoms with van der Waals surface area (Å²) in [6.45, 7) is 0. The lowest BCUT2D eigenvalue weighted by molar-refractivity contribution is 0.0728. The van der Waals surface area contributed by atoms with Gasteiger partial charge in [0.05, 0.1) is 5.02 Å². The van der Waals surface area contributed by atoms with E-state index in [1.54, 1.807) is 0 Å². The molecule has 2 aromatic rings. The molecule has 0 saturated carbocycles. The van der Waals surface area contributed by atoms with Crippen molar-refractivity contribution < 1.29 is 13.9 Å². The number of nitrogens with one attached hydrogen (secondary N) is 1. The number of ether oxygens (including phenoxy) is 1. The molecule has 2 rings (SSSR count). The summed E-state index contributed by atoms with van der Waals surface area (Å²) in [5, 5.41) is 5.95. The van der Waals surface area contributed by atoms with Crippen LogP contribution in [0, 0.1) is 5.82 Å². The number of aromatic nitrogens is 2. The van der Waals surface area contributed by atoms with Gasteiger partial charge in [0, 0.05) is 12.3 Å². The van der Waals surface area contributed by atoms with E-state index in [-0.39, 0.29) is 16.5 Å². The fourth-order valence-corrected chi connectivity index (χ4v) is 1.24. The van der Waals surface area contributed by atoms with Gasteiger partial charge in [0.15, 0.2) is 0 Å². The minimum absolute atomic E-state index is 0.102. The number of nitrogens with zero attached hydrogens (tertiary/aromatic N) is 1. The van der Waals surface area contributed by atoms with Gasteiger partial charge in [-0.3, -0.25) is 5.10 Å². The number of esters is 1. The molecular formula is C10H6ClFN2O2. The van der Waals surface area contributed by atoms with Crippen LogP contribution in [0.4, 0.5) is 4.39 Å². The fraction of sp³-hybridized carbons (Fsp3) is 0. The molecule has 82 valence electrons. The van der Waals surface area contributed by atoms with Crippen LogP contribution in [0.1, 0.15) is 10.5 Å². The Morgan fingerprint density at radius 1 is 1.44 bits per heavy atom. The van der Waals surface area contributed by atoms with Crippen molar-refractivity contribution in [1.82, 2.24) is 10.2 Å². The molecule has 0 radical (unpaired) electrons. The van der Waals surface area contributed by atoms with E-state index in [1.807, 2.05) is 0 Å². The highest BCUT2D eigenvalue weighted by atomic mass is 35.5. The van der Waals surface area contributed by atoms with Crippen molar-refractivity contribution in [2.24, 2.45) is 0 Å². The lowest BCUT2D eigenvalue weighted by Crippen LogP contribution is -2.08. The summed E-state index contributed by atoms with van der Waals surface area (Å²) in [4.78, 5) is 11.4. The van der Waals surface area contributed by atoms with Gasteiger partial charge >= 0.3 is 5.97 Å². The Hall–Kier alpha value is -1.88. The van der Waals surface area contributed by atoms with Gasteiger partial charge < -0.3 is 4.74 Å². The van der Waals surface area contributed by atoms with Crippen molar-refractivity contribution in [2.75, 3.05) is 0 Å². The summed E-state index contributed by atoms with van der Waals surface area (Å²) in [5.41, 5.74) is 0.209. The minimum atomic E-state index is -0.611.